The number of nitrogens with zero attached hydrogens (tertiary/aromatic N) is 1. The van der Waals surface area contributed by atoms with Gasteiger partial charge in [-0.25, -0.2) is 0 Å². The molecule has 0 aliphatic heterocycles. The average Bonchev–Trinajstić information content (AvgIpc) is 2.62. The molecule has 0 aromatic heterocycles. The minimum atomic E-state index is 0.0585. The number of amides is 1. The fourth-order valence-electron chi connectivity index (χ4n) is 3.61. The highest BCUT2D eigenvalue weighted by molar-refractivity contribution is 9.10. The Labute approximate surface area is 163 Å². The number of halogens is 1. The van der Waals surface area contributed by atoms with Crippen molar-refractivity contribution in [3.05, 3.63) is 63.6 Å². The van der Waals surface area contributed by atoms with E-state index in [0.29, 0.717) is 13.1 Å². The third kappa shape index (κ3) is 4.65. The Morgan fingerprint density at radius 2 is 2.12 bits per heavy atom. The first-order valence-corrected chi connectivity index (χ1v) is 9.74. The van der Waals surface area contributed by atoms with Crippen molar-refractivity contribution in [1.29, 1.82) is 0 Å². The van der Waals surface area contributed by atoms with Crippen molar-refractivity contribution >= 4 is 21.8 Å². The summed E-state index contributed by atoms with van der Waals surface area (Å²) in [5, 5.41) is 3.21. The van der Waals surface area contributed by atoms with Crippen LogP contribution in [-0.4, -0.2) is 31.5 Å². The summed E-state index contributed by atoms with van der Waals surface area (Å²) >= 11 is 3.49. The molecule has 1 aliphatic rings. The van der Waals surface area contributed by atoms with E-state index in [1.807, 2.05) is 30.1 Å². The summed E-state index contributed by atoms with van der Waals surface area (Å²) in [4.78, 5) is 14.6. The van der Waals surface area contributed by atoms with Crippen LogP contribution in [0.3, 0.4) is 0 Å². The number of benzene rings is 2. The number of fused-ring (bicyclic) bond motifs is 1. The zero-order valence-corrected chi connectivity index (χ0v) is 16.9. The first kappa shape index (κ1) is 18.9. The summed E-state index contributed by atoms with van der Waals surface area (Å²) in [7, 11) is 3.62. The van der Waals surface area contributed by atoms with Crippen LogP contribution in [0.25, 0.3) is 0 Å². The summed E-state index contributed by atoms with van der Waals surface area (Å²) in [6, 6.07) is 14.5. The molecule has 2 aromatic rings. The molecule has 1 atom stereocenters. The molecule has 0 radical (unpaired) electrons. The molecule has 1 aliphatic carbocycles. The van der Waals surface area contributed by atoms with Crippen LogP contribution in [0.15, 0.2) is 46.9 Å². The van der Waals surface area contributed by atoms with Crippen molar-refractivity contribution in [3.8, 4) is 5.75 Å². The molecule has 0 heterocycles. The summed E-state index contributed by atoms with van der Waals surface area (Å²) in [5.74, 6) is 0.893. The van der Waals surface area contributed by atoms with E-state index in [1.54, 1.807) is 7.11 Å². The molecule has 0 fully saturated rings. The van der Waals surface area contributed by atoms with Gasteiger partial charge < -0.3 is 10.1 Å². The Kier molecular flexibility index (Phi) is 6.33. The first-order chi connectivity index (χ1) is 12.6. The second-order valence-corrected chi connectivity index (χ2v) is 7.76. The third-order valence-corrected chi connectivity index (χ3v) is 5.29. The van der Waals surface area contributed by atoms with Crippen molar-refractivity contribution in [2.45, 2.75) is 31.8 Å². The van der Waals surface area contributed by atoms with Crippen molar-refractivity contribution < 1.29 is 9.53 Å². The van der Waals surface area contributed by atoms with Crippen LogP contribution in [0.4, 0.5) is 0 Å². The highest BCUT2D eigenvalue weighted by Gasteiger charge is 2.21. The van der Waals surface area contributed by atoms with E-state index in [2.05, 4.69) is 45.5 Å². The summed E-state index contributed by atoms with van der Waals surface area (Å²) in [6.45, 7) is 1.01. The van der Waals surface area contributed by atoms with Gasteiger partial charge in [-0.2, -0.15) is 0 Å². The average molecular weight is 417 g/mol. The maximum absolute atomic E-state index is 12.5. The van der Waals surface area contributed by atoms with E-state index >= 15 is 0 Å². The molecule has 138 valence electrons. The molecule has 1 amide bonds. The normalized spacial score (nSPS) is 16.2. The Bertz CT molecular complexity index is 778. The topological polar surface area (TPSA) is 41.6 Å². The highest BCUT2D eigenvalue weighted by atomic mass is 79.9. The van der Waals surface area contributed by atoms with E-state index in [-0.39, 0.29) is 11.9 Å². The number of hydrogen-bond donors (Lipinski definition) is 1. The Balaban J connectivity index is 1.60. The molecule has 26 heavy (non-hydrogen) atoms. The monoisotopic (exact) mass is 416 g/mol. The number of methoxy groups -OCH3 is 1. The molecule has 2 aromatic carbocycles. The van der Waals surface area contributed by atoms with E-state index in [0.717, 1.165) is 35.0 Å². The van der Waals surface area contributed by atoms with E-state index in [9.17, 15) is 4.79 Å². The van der Waals surface area contributed by atoms with Crippen LogP contribution in [0.1, 0.15) is 35.6 Å². The van der Waals surface area contributed by atoms with E-state index in [1.165, 1.54) is 11.1 Å². The van der Waals surface area contributed by atoms with E-state index < -0.39 is 0 Å². The summed E-state index contributed by atoms with van der Waals surface area (Å²) < 4.78 is 6.42. The number of carbonyl (C=O) groups is 1. The molecule has 0 unspecified atom stereocenters. The summed E-state index contributed by atoms with van der Waals surface area (Å²) in [6.07, 6.45) is 3.23. The SMILES string of the molecule is COc1ccc(Br)cc1CN(C)CC(=O)N[C@H]1CCCc2ccccc21. The van der Waals surface area contributed by atoms with Gasteiger partial charge in [-0.15, -0.1) is 0 Å². The Morgan fingerprint density at radius 1 is 1.31 bits per heavy atom. The van der Waals surface area contributed by atoms with E-state index in [4.69, 9.17) is 4.74 Å². The number of ether oxygens (including phenoxy) is 1. The molecule has 0 spiro atoms. The largest absolute Gasteiger partial charge is 0.496 e. The molecule has 0 bridgehead atoms. The van der Waals surface area contributed by atoms with Crippen LogP contribution >= 0.6 is 15.9 Å². The van der Waals surface area contributed by atoms with Gasteiger partial charge in [0.05, 0.1) is 19.7 Å². The minimum absolute atomic E-state index is 0.0585. The number of aryl methyl sites for hydroxylation is 1. The molecule has 4 nitrogen and oxygen atoms in total. The van der Waals surface area contributed by atoms with Gasteiger partial charge in [0.1, 0.15) is 5.75 Å². The maximum Gasteiger partial charge on any atom is 0.234 e. The second-order valence-electron chi connectivity index (χ2n) is 6.84. The number of hydrogen-bond acceptors (Lipinski definition) is 3. The zero-order chi connectivity index (χ0) is 18.5. The molecular formula is C21H25BrN2O2. The molecule has 1 N–H and O–H groups in total. The standard InChI is InChI=1S/C21H25BrN2O2/c1-24(13-16-12-17(22)10-11-20(16)26-2)14-21(25)23-19-9-5-7-15-6-3-4-8-18(15)19/h3-4,6,8,10-12,19H,5,7,9,13-14H2,1-2H3,(H,23,25)/t19-/m0/s1. The highest BCUT2D eigenvalue weighted by Crippen LogP contribution is 2.29. The molecular weight excluding hydrogens is 392 g/mol. The lowest BCUT2D eigenvalue weighted by molar-refractivity contribution is -0.122. The van der Waals surface area contributed by atoms with Gasteiger partial charge in [0.15, 0.2) is 0 Å². The number of carbonyl (C=O) groups excluding carboxylic acids is 1. The van der Waals surface area contributed by atoms with Crippen molar-refractivity contribution in [3.63, 3.8) is 0 Å². The van der Waals surface area contributed by atoms with Gasteiger partial charge in [0.25, 0.3) is 0 Å². The van der Waals surface area contributed by atoms with Crippen molar-refractivity contribution in [2.24, 2.45) is 0 Å². The molecule has 0 saturated heterocycles. The maximum atomic E-state index is 12.5. The van der Waals surface area contributed by atoms with Gasteiger partial charge in [-0.05, 0) is 55.6 Å². The molecule has 3 rings (SSSR count). The molecule has 5 heteroatoms. The lowest BCUT2D eigenvalue weighted by atomic mass is 9.88. The van der Waals surface area contributed by atoms with Gasteiger partial charge in [0, 0.05) is 16.6 Å². The second kappa shape index (κ2) is 8.69. The van der Waals surface area contributed by atoms with Crippen LogP contribution in [-0.2, 0) is 17.8 Å². The molecule has 0 saturated carbocycles. The van der Waals surface area contributed by atoms with Gasteiger partial charge in [0.2, 0.25) is 5.91 Å². The fourth-order valence-corrected chi connectivity index (χ4v) is 4.01. The lowest BCUT2D eigenvalue weighted by Crippen LogP contribution is -2.38. The predicted octanol–water partition coefficient (Wildman–Crippen LogP) is 4.08. The number of nitrogens with one attached hydrogen (secondary N) is 1. The first-order valence-electron chi connectivity index (χ1n) is 8.95. The van der Waals surface area contributed by atoms with Gasteiger partial charge in [-0.3, -0.25) is 9.69 Å². The number of rotatable bonds is 6. The smallest absolute Gasteiger partial charge is 0.234 e. The van der Waals surface area contributed by atoms with Crippen LogP contribution in [0.2, 0.25) is 0 Å². The predicted molar refractivity (Wildman–Crippen MR) is 107 cm³/mol. The van der Waals surface area contributed by atoms with Crippen LogP contribution in [0.5, 0.6) is 5.75 Å². The van der Waals surface area contributed by atoms with Crippen molar-refractivity contribution in [1.82, 2.24) is 10.2 Å². The van der Waals surface area contributed by atoms with Crippen LogP contribution < -0.4 is 10.1 Å². The van der Waals surface area contributed by atoms with Gasteiger partial charge >= 0.3 is 0 Å². The van der Waals surface area contributed by atoms with Crippen LogP contribution in [0, 0.1) is 0 Å². The zero-order valence-electron chi connectivity index (χ0n) is 15.3. The summed E-state index contributed by atoms with van der Waals surface area (Å²) in [5.41, 5.74) is 3.68. The lowest BCUT2D eigenvalue weighted by Gasteiger charge is -2.27. The third-order valence-electron chi connectivity index (χ3n) is 4.80. The quantitative estimate of drug-likeness (QED) is 0.770. The number of likely N-dealkylation sites (N-methyl/N-ethyl adjacent to an activating group) is 1. The Hall–Kier alpha value is -1.85. The Morgan fingerprint density at radius 3 is 2.92 bits per heavy atom. The minimum Gasteiger partial charge on any atom is -0.496 e. The fraction of sp³-hybridized carbons (Fsp3) is 0.381. The van der Waals surface area contributed by atoms with Gasteiger partial charge in [-0.1, -0.05) is 40.2 Å². The van der Waals surface area contributed by atoms with Crippen molar-refractivity contribution in [2.75, 3.05) is 20.7 Å².